The Labute approximate surface area is 183 Å². The summed E-state index contributed by atoms with van der Waals surface area (Å²) in [5.41, 5.74) is 4.75. The van der Waals surface area contributed by atoms with E-state index in [1.54, 1.807) is 17.5 Å². The number of benzene rings is 2. The Bertz CT molecular complexity index is 1420. The van der Waals surface area contributed by atoms with Crippen LogP contribution < -0.4 is 16.6 Å². The van der Waals surface area contributed by atoms with Gasteiger partial charge < -0.3 is 5.32 Å². The zero-order chi connectivity index (χ0) is 22.3. The number of nitrogens with zero attached hydrogens (tertiary/aromatic N) is 2. The number of aryl methyl sites for hydroxylation is 4. The molecule has 1 amide bonds. The maximum Gasteiger partial charge on any atom is 0.336 e. The molecular formula is C24H23N3O3S. The summed E-state index contributed by atoms with van der Waals surface area (Å²) in [6.07, 6.45) is 0. The lowest BCUT2D eigenvalue weighted by atomic mass is 10.1. The number of amides is 1. The van der Waals surface area contributed by atoms with Crippen molar-refractivity contribution in [1.82, 2.24) is 9.13 Å². The van der Waals surface area contributed by atoms with E-state index in [2.05, 4.69) is 5.32 Å². The van der Waals surface area contributed by atoms with Crippen molar-refractivity contribution in [3.63, 3.8) is 0 Å². The third-order valence-corrected chi connectivity index (χ3v) is 6.44. The lowest BCUT2D eigenvalue weighted by Gasteiger charge is -2.15. The van der Waals surface area contributed by atoms with Crippen LogP contribution in [-0.4, -0.2) is 15.0 Å². The van der Waals surface area contributed by atoms with Gasteiger partial charge >= 0.3 is 5.69 Å². The van der Waals surface area contributed by atoms with Gasteiger partial charge in [-0.25, -0.2) is 9.36 Å². The van der Waals surface area contributed by atoms with Gasteiger partial charge in [-0.15, -0.1) is 11.3 Å². The van der Waals surface area contributed by atoms with Crippen LogP contribution in [-0.2, 0) is 11.3 Å². The molecule has 0 radical (unpaired) electrons. The number of anilines is 1. The Morgan fingerprint density at radius 2 is 1.65 bits per heavy atom. The van der Waals surface area contributed by atoms with Crippen molar-refractivity contribution in [3.05, 3.63) is 90.9 Å². The topological polar surface area (TPSA) is 73.1 Å². The lowest BCUT2D eigenvalue weighted by molar-refractivity contribution is -0.116. The molecule has 31 heavy (non-hydrogen) atoms. The van der Waals surface area contributed by atoms with Crippen LogP contribution in [0.1, 0.15) is 22.3 Å². The predicted octanol–water partition coefficient (Wildman–Crippen LogP) is 4.09. The largest absolute Gasteiger partial charge is 0.336 e. The SMILES string of the molecule is Cc1ccc(-n2c(=O)c3sccc3n(CC(=O)Nc3c(C)cccc3C)c2=O)cc1C. The molecular weight excluding hydrogens is 410 g/mol. The van der Waals surface area contributed by atoms with Gasteiger partial charge in [-0.2, -0.15) is 0 Å². The van der Waals surface area contributed by atoms with Crippen LogP contribution in [0, 0.1) is 27.7 Å². The summed E-state index contributed by atoms with van der Waals surface area (Å²) in [6.45, 7) is 7.56. The third-order valence-electron chi connectivity index (χ3n) is 5.55. The number of rotatable bonds is 4. The summed E-state index contributed by atoms with van der Waals surface area (Å²) >= 11 is 1.26. The zero-order valence-corrected chi connectivity index (χ0v) is 18.7. The molecule has 7 heteroatoms. The molecule has 0 aliphatic heterocycles. The van der Waals surface area contributed by atoms with Gasteiger partial charge in [0.05, 0.1) is 11.2 Å². The number of hydrogen-bond acceptors (Lipinski definition) is 4. The second-order valence-electron chi connectivity index (χ2n) is 7.73. The molecule has 4 aromatic rings. The smallest absolute Gasteiger partial charge is 0.324 e. The van der Waals surface area contributed by atoms with Crippen LogP contribution in [0.25, 0.3) is 15.9 Å². The first-order chi connectivity index (χ1) is 14.8. The van der Waals surface area contributed by atoms with Crippen molar-refractivity contribution in [1.29, 1.82) is 0 Å². The van der Waals surface area contributed by atoms with E-state index in [0.717, 1.165) is 32.5 Å². The Balaban J connectivity index is 1.82. The van der Waals surface area contributed by atoms with Crippen LogP contribution in [0.15, 0.2) is 57.4 Å². The van der Waals surface area contributed by atoms with Crippen LogP contribution in [0.4, 0.5) is 5.69 Å². The minimum Gasteiger partial charge on any atom is -0.324 e. The second kappa shape index (κ2) is 8.00. The minimum atomic E-state index is -0.532. The highest BCUT2D eigenvalue weighted by Crippen LogP contribution is 2.20. The summed E-state index contributed by atoms with van der Waals surface area (Å²) in [4.78, 5) is 39.3. The molecule has 6 nitrogen and oxygen atoms in total. The monoisotopic (exact) mass is 433 g/mol. The van der Waals surface area contributed by atoms with Crippen molar-refractivity contribution >= 4 is 33.1 Å². The third kappa shape index (κ3) is 3.72. The number of hydrogen-bond donors (Lipinski definition) is 1. The normalized spacial score (nSPS) is 11.1. The van der Waals surface area contributed by atoms with Gasteiger partial charge in [-0.05, 0) is 73.5 Å². The quantitative estimate of drug-likeness (QED) is 0.527. The first-order valence-electron chi connectivity index (χ1n) is 9.94. The Morgan fingerprint density at radius 3 is 2.32 bits per heavy atom. The molecule has 0 saturated carbocycles. The Morgan fingerprint density at radius 1 is 0.935 bits per heavy atom. The average molecular weight is 434 g/mol. The summed E-state index contributed by atoms with van der Waals surface area (Å²) in [5.74, 6) is -0.322. The van der Waals surface area contributed by atoms with Crippen molar-refractivity contribution in [2.75, 3.05) is 5.32 Å². The lowest BCUT2D eigenvalue weighted by Crippen LogP contribution is -2.40. The zero-order valence-electron chi connectivity index (χ0n) is 17.9. The molecule has 0 bridgehead atoms. The van der Waals surface area contributed by atoms with Crippen molar-refractivity contribution in [2.24, 2.45) is 0 Å². The fraction of sp³-hybridized carbons (Fsp3) is 0.208. The van der Waals surface area contributed by atoms with E-state index < -0.39 is 5.69 Å². The van der Waals surface area contributed by atoms with Crippen LogP contribution >= 0.6 is 11.3 Å². The van der Waals surface area contributed by atoms with Gasteiger partial charge in [0, 0.05) is 5.69 Å². The van der Waals surface area contributed by atoms with Crippen LogP contribution in [0.5, 0.6) is 0 Å². The second-order valence-corrected chi connectivity index (χ2v) is 8.64. The summed E-state index contributed by atoms with van der Waals surface area (Å²) in [6, 6.07) is 12.9. The van der Waals surface area contributed by atoms with Gasteiger partial charge in [0.25, 0.3) is 5.56 Å². The van der Waals surface area contributed by atoms with E-state index in [1.165, 1.54) is 15.9 Å². The van der Waals surface area contributed by atoms with Gasteiger partial charge in [0.1, 0.15) is 11.2 Å². The average Bonchev–Trinajstić information content (AvgIpc) is 3.21. The van der Waals surface area contributed by atoms with E-state index in [4.69, 9.17) is 0 Å². The molecule has 0 fully saturated rings. The molecule has 1 N–H and O–H groups in total. The van der Waals surface area contributed by atoms with E-state index in [-0.39, 0.29) is 18.0 Å². The van der Waals surface area contributed by atoms with Crippen molar-refractivity contribution in [2.45, 2.75) is 34.2 Å². The molecule has 2 aromatic carbocycles. The highest BCUT2D eigenvalue weighted by Gasteiger charge is 2.18. The number of fused-ring (bicyclic) bond motifs is 1. The molecule has 4 rings (SSSR count). The van der Waals surface area contributed by atoms with E-state index in [9.17, 15) is 14.4 Å². The predicted molar refractivity (Wildman–Crippen MR) is 126 cm³/mol. The molecule has 0 saturated heterocycles. The minimum absolute atomic E-state index is 0.190. The first kappa shape index (κ1) is 20.8. The molecule has 158 valence electrons. The maximum absolute atomic E-state index is 13.4. The van der Waals surface area contributed by atoms with E-state index in [1.807, 2.05) is 58.0 Å². The van der Waals surface area contributed by atoms with Crippen molar-refractivity contribution in [3.8, 4) is 5.69 Å². The van der Waals surface area contributed by atoms with E-state index in [0.29, 0.717) is 15.9 Å². The molecule has 0 aliphatic carbocycles. The van der Waals surface area contributed by atoms with Crippen LogP contribution in [0.2, 0.25) is 0 Å². The summed E-state index contributed by atoms with van der Waals surface area (Å²) in [5, 5.41) is 4.68. The Hall–Kier alpha value is -3.45. The van der Waals surface area contributed by atoms with Crippen LogP contribution in [0.3, 0.4) is 0 Å². The number of carbonyl (C=O) groups excluding carboxylic acids is 1. The van der Waals surface area contributed by atoms with Crippen molar-refractivity contribution < 1.29 is 4.79 Å². The fourth-order valence-electron chi connectivity index (χ4n) is 3.67. The number of carbonyl (C=O) groups is 1. The summed E-state index contributed by atoms with van der Waals surface area (Å²) in [7, 11) is 0. The van der Waals surface area contributed by atoms with Gasteiger partial charge in [-0.3, -0.25) is 14.2 Å². The van der Waals surface area contributed by atoms with E-state index >= 15 is 0 Å². The van der Waals surface area contributed by atoms with Gasteiger partial charge in [-0.1, -0.05) is 24.3 Å². The molecule has 0 atom stereocenters. The molecule has 0 aliphatic rings. The molecule has 0 spiro atoms. The fourth-order valence-corrected chi connectivity index (χ4v) is 4.49. The molecule has 0 unspecified atom stereocenters. The number of para-hydroxylation sites is 1. The molecule has 2 heterocycles. The van der Waals surface area contributed by atoms with Gasteiger partial charge in [0.15, 0.2) is 0 Å². The highest BCUT2D eigenvalue weighted by atomic mass is 32.1. The van der Waals surface area contributed by atoms with Gasteiger partial charge in [0.2, 0.25) is 5.91 Å². The Kier molecular flexibility index (Phi) is 5.37. The highest BCUT2D eigenvalue weighted by molar-refractivity contribution is 7.17. The number of nitrogens with one attached hydrogen (secondary N) is 1. The molecule has 2 aromatic heterocycles. The number of thiophene rings is 1. The summed E-state index contributed by atoms with van der Waals surface area (Å²) < 4.78 is 2.96. The first-order valence-corrected chi connectivity index (χ1v) is 10.8. The standard InChI is InChI=1S/C24H23N3O3S/c1-14-8-9-18(12-17(14)4)27-23(29)22-19(10-11-31-22)26(24(27)30)13-20(28)25-21-15(2)6-5-7-16(21)3/h5-12H,13H2,1-4H3,(H,25,28). The number of aromatic nitrogens is 2. The maximum atomic E-state index is 13.4.